The molecular formula is C36H57KO7S. The van der Waals surface area contributed by atoms with E-state index in [1.54, 1.807) is 0 Å². The average Bonchev–Trinajstić information content (AvgIpc) is 3.00. The van der Waals surface area contributed by atoms with Crippen LogP contribution in [0.5, 0.6) is 0 Å². The van der Waals surface area contributed by atoms with Crippen LogP contribution in [0.1, 0.15) is 163 Å². The fourth-order valence-electron chi connectivity index (χ4n) is 4.88. The number of hydrogen-bond acceptors (Lipinski definition) is 7. The van der Waals surface area contributed by atoms with Gasteiger partial charge in [-0.2, -0.15) is 0 Å². The number of carbonyl (C=O) groups is 2. The van der Waals surface area contributed by atoms with Crippen molar-refractivity contribution in [1.82, 2.24) is 0 Å². The van der Waals surface area contributed by atoms with Crippen molar-refractivity contribution < 1.29 is 83.4 Å². The van der Waals surface area contributed by atoms with E-state index in [0.717, 1.165) is 70.3 Å². The van der Waals surface area contributed by atoms with E-state index in [-0.39, 0.29) is 70.2 Å². The first-order valence-corrected chi connectivity index (χ1v) is 18.5. The van der Waals surface area contributed by atoms with Crippen LogP contribution in [0.2, 0.25) is 0 Å². The Balaban J connectivity index is 0.0000194. The van der Waals surface area contributed by atoms with E-state index in [4.69, 9.17) is 9.47 Å². The SMILES string of the molecule is CCCCCC/C=C/CCCCCCOC(=O)c1cccc(S(=O)(=O)[O-])c1C(=O)OCCCCCC/C=C/CCCCCC.[K+]. The molecule has 0 aromatic heterocycles. The van der Waals surface area contributed by atoms with Crippen molar-refractivity contribution in [3.05, 3.63) is 53.6 Å². The maximum absolute atomic E-state index is 12.9. The van der Waals surface area contributed by atoms with Crippen molar-refractivity contribution in [2.75, 3.05) is 13.2 Å². The third-order valence-corrected chi connectivity index (χ3v) is 8.38. The molecule has 45 heavy (non-hydrogen) atoms. The molecule has 0 N–H and O–H groups in total. The molecule has 1 rings (SSSR count). The molecule has 250 valence electrons. The molecule has 0 atom stereocenters. The van der Waals surface area contributed by atoms with Gasteiger partial charge in [0, 0.05) is 0 Å². The summed E-state index contributed by atoms with van der Waals surface area (Å²) in [7, 11) is -5.01. The van der Waals surface area contributed by atoms with Gasteiger partial charge in [-0.3, -0.25) is 0 Å². The monoisotopic (exact) mass is 672 g/mol. The predicted octanol–water partition coefficient (Wildman–Crippen LogP) is 6.86. The summed E-state index contributed by atoms with van der Waals surface area (Å²) < 4.78 is 46.3. The normalized spacial score (nSPS) is 11.6. The third-order valence-electron chi connectivity index (χ3n) is 7.50. The summed E-state index contributed by atoms with van der Waals surface area (Å²) in [5.41, 5.74) is -0.810. The van der Waals surface area contributed by atoms with E-state index in [1.165, 1.54) is 63.5 Å². The molecule has 0 aliphatic rings. The van der Waals surface area contributed by atoms with Gasteiger partial charge in [0.25, 0.3) is 0 Å². The minimum atomic E-state index is -5.01. The zero-order valence-corrected chi connectivity index (χ0v) is 32.3. The first-order valence-electron chi connectivity index (χ1n) is 17.1. The van der Waals surface area contributed by atoms with E-state index in [2.05, 4.69) is 38.2 Å². The number of carbonyl (C=O) groups excluding carboxylic acids is 2. The van der Waals surface area contributed by atoms with Crippen molar-refractivity contribution in [3.8, 4) is 0 Å². The van der Waals surface area contributed by atoms with Gasteiger partial charge in [0.1, 0.15) is 10.1 Å². The Bertz CT molecular complexity index is 1080. The van der Waals surface area contributed by atoms with Crippen LogP contribution in [0, 0.1) is 0 Å². The Morgan fingerprint density at radius 1 is 0.622 bits per heavy atom. The second-order valence-corrected chi connectivity index (χ2v) is 12.8. The zero-order valence-electron chi connectivity index (χ0n) is 28.4. The maximum atomic E-state index is 12.9. The molecule has 0 radical (unpaired) electrons. The Morgan fingerprint density at radius 3 is 1.44 bits per heavy atom. The molecule has 0 saturated heterocycles. The van der Waals surface area contributed by atoms with Crippen LogP contribution >= 0.6 is 0 Å². The van der Waals surface area contributed by atoms with Gasteiger partial charge < -0.3 is 14.0 Å². The first kappa shape index (κ1) is 44.2. The molecule has 0 amide bonds. The summed E-state index contributed by atoms with van der Waals surface area (Å²) in [6.45, 7) is 4.63. The maximum Gasteiger partial charge on any atom is 1.00 e. The van der Waals surface area contributed by atoms with Gasteiger partial charge in [0.15, 0.2) is 0 Å². The fraction of sp³-hybridized carbons (Fsp3) is 0.667. The second-order valence-electron chi connectivity index (χ2n) is 11.5. The standard InChI is InChI=1S/C36H58O7S.K/c1-3-5-7-9-11-13-15-17-19-21-23-25-30-42-35(37)32-28-27-29-33(44(39,40)41)34(32)36(38)43-31-26-24-22-20-18-16-14-12-10-8-6-4-2;/h13-16,27-29H,3-12,17-26,30-31H2,1-2H3,(H,39,40,41);/q;+1/p-1/b15-13+,16-14+;. The number of esters is 2. The van der Waals surface area contributed by atoms with Gasteiger partial charge in [-0.1, -0.05) is 108 Å². The minimum absolute atomic E-state index is 0. The molecule has 0 fully saturated rings. The summed E-state index contributed by atoms with van der Waals surface area (Å²) in [4.78, 5) is 24.9. The Morgan fingerprint density at radius 2 is 1.02 bits per heavy atom. The number of allylic oxidation sites excluding steroid dienone is 4. The molecule has 1 aromatic rings. The summed E-state index contributed by atoms with van der Waals surface area (Å²) >= 11 is 0. The quantitative estimate of drug-likeness (QED) is 0.0330. The van der Waals surface area contributed by atoms with Gasteiger partial charge in [0.05, 0.1) is 29.2 Å². The van der Waals surface area contributed by atoms with Crippen LogP contribution in [-0.2, 0) is 19.6 Å². The fourth-order valence-corrected chi connectivity index (χ4v) is 5.57. The largest absolute Gasteiger partial charge is 1.00 e. The third kappa shape index (κ3) is 22.4. The predicted molar refractivity (Wildman–Crippen MR) is 177 cm³/mol. The summed E-state index contributed by atoms with van der Waals surface area (Å²) in [6.07, 6.45) is 30.5. The van der Waals surface area contributed by atoms with Gasteiger partial charge >= 0.3 is 63.3 Å². The van der Waals surface area contributed by atoms with Crippen molar-refractivity contribution >= 4 is 22.1 Å². The van der Waals surface area contributed by atoms with Crippen molar-refractivity contribution in [2.24, 2.45) is 0 Å². The van der Waals surface area contributed by atoms with Crippen molar-refractivity contribution in [3.63, 3.8) is 0 Å². The Kier molecular flexibility index (Phi) is 28.8. The molecule has 0 spiro atoms. The van der Waals surface area contributed by atoms with Gasteiger partial charge in [-0.25, -0.2) is 18.0 Å². The van der Waals surface area contributed by atoms with E-state index >= 15 is 0 Å². The summed E-state index contributed by atoms with van der Waals surface area (Å²) in [5, 5.41) is 0. The van der Waals surface area contributed by atoms with Gasteiger partial charge in [-0.15, -0.1) is 0 Å². The van der Waals surface area contributed by atoms with Gasteiger partial charge in [-0.05, 0) is 76.3 Å². The molecule has 0 aliphatic heterocycles. The molecule has 0 heterocycles. The average molecular weight is 673 g/mol. The van der Waals surface area contributed by atoms with Gasteiger partial charge in [0.2, 0.25) is 0 Å². The summed E-state index contributed by atoms with van der Waals surface area (Å²) in [6, 6.07) is 3.57. The smallest absolute Gasteiger partial charge is 0.744 e. The van der Waals surface area contributed by atoms with Crippen molar-refractivity contribution in [1.29, 1.82) is 0 Å². The number of rotatable bonds is 27. The van der Waals surface area contributed by atoms with Crippen molar-refractivity contribution in [2.45, 2.75) is 147 Å². The topological polar surface area (TPSA) is 110 Å². The number of unbranched alkanes of at least 4 members (excludes halogenated alkanes) is 16. The van der Waals surface area contributed by atoms with Crippen LogP contribution in [-0.4, -0.2) is 38.1 Å². The van der Waals surface area contributed by atoms with Crippen LogP contribution in [0.15, 0.2) is 47.4 Å². The molecule has 7 nitrogen and oxygen atoms in total. The second kappa shape index (κ2) is 29.3. The van der Waals surface area contributed by atoms with E-state index in [9.17, 15) is 22.6 Å². The van der Waals surface area contributed by atoms with Crippen LogP contribution < -0.4 is 51.4 Å². The molecule has 0 aliphatic carbocycles. The number of benzene rings is 1. The van der Waals surface area contributed by atoms with E-state index in [0.29, 0.717) is 12.8 Å². The minimum Gasteiger partial charge on any atom is -0.744 e. The van der Waals surface area contributed by atoms with E-state index in [1.807, 2.05) is 0 Å². The molecule has 0 saturated carbocycles. The van der Waals surface area contributed by atoms with Crippen LogP contribution in [0.25, 0.3) is 0 Å². The molecule has 9 heteroatoms. The zero-order chi connectivity index (χ0) is 32.3. The molecular weight excluding hydrogens is 616 g/mol. The molecule has 0 bridgehead atoms. The summed E-state index contributed by atoms with van der Waals surface area (Å²) in [5.74, 6) is -1.84. The van der Waals surface area contributed by atoms with Crippen LogP contribution in [0.3, 0.4) is 0 Å². The Labute approximate surface area is 316 Å². The van der Waals surface area contributed by atoms with E-state index < -0.39 is 32.5 Å². The molecule has 0 unspecified atom stereocenters. The number of hydrogen-bond donors (Lipinski definition) is 0. The number of ether oxygens (including phenoxy) is 2. The van der Waals surface area contributed by atoms with Crippen LogP contribution in [0.4, 0.5) is 0 Å². The Hall–Kier alpha value is -0.814. The first-order chi connectivity index (χ1) is 21.3. The molecule has 1 aromatic carbocycles.